The lowest BCUT2D eigenvalue weighted by atomic mass is 9.78. The van der Waals surface area contributed by atoms with Gasteiger partial charge in [0.1, 0.15) is 5.54 Å². The van der Waals surface area contributed by atoms with Crippen molar-refractivity contribution in [1.29, 1.82) is 0 Å². The standard InChI is InChI=1S/C22H21ClN4O4/c1-3-25-16(28)10-22(21(25)31)18-17(19(29)26(4-2)20(18)30)15-9-14(24-11-27(15)22)12-5-7-13(23)8-6-12/h5-9,11,15,17-18H,3-4,10H2,1-2H3. The minimum Gasteiger partial charge on any atom is -0.339 e. The number of nitrogens with zero attached hydrogens (tertiary/aromatic N) is 4. The number of amides is 4. The van der Waals surface area contributed by atoms with Gasteiger partial charge in [0.2, 0.25) is 17.7 Å². The largest absolute Gasteiger partial charge is 0.339 e. The van der Waals surface area contributed by atoms with Crippen LogP contribution in [0.2, 0.25) is 5.02 Å². The van der Waals surface area contributed by atoms with E-state index in [1.807, 2.05) is 18.2 Å². The summed E-state index contributed by atoms with van der Waals surface area (Å²) in [5.74, 6) is -3.10. The van der Waals surface area contributed by atoms with E-state index >= 15 is 0 Å². The summed E-state index contributed by atoms with van der Waals surface area (Å²) in [5.41, 5.74) is 0.0314. The molecule has 5 rings (SSSR count). The van der Waals surface area contributed by atoms with Gasteiger partial charge in [-0.1, -0.05) is 23.7 Å². The molecule has 0 radical (unpaired) electrons. The number of imide groups is 2. The zero-order chi connectivity index (χ0) is 22.1. The number of halogens is 1. The van der Waals surface area contributed by atoms with Crippen molar-refractivity contribution in [2.45, 2.75) is 31.8 Å². The van der Waals surface area contributed by atoms with Crippen LogP contribution in [0.15, 0.2) is 35.3 Å². The molecule has 0 bridgehead atoms. The summed E-state index contributed by atoms with van der Waals surface area (Å²) in [6.07, 6.45) is 3.21. The van der Waals surface area contributed by atoms with Crippen LogP contribution in [0.3, 0.4) is 0 Å². The first kappa shape index (κ1) is 19.9. The van der Waals surface area contributed by atoms with Gasteiger partial charge in [-0.15, -0.1) is 0 Å². The summed E-state index contributed by atoms with van der Waals surface area (Å²) in [7, 11) is 0. The highest BCUT2D eigenvalue weighted by atomic mass is 35.5. The molecule has 3 fully saturated rings. The monoisotopic (exact) mass is 440 g/mol. The fourth-order valence-electron chi connectivity index (χ4n) is 5.51. The Kier molecular flexibility index (Phi) is 4.34. The Bertz CT molecular complexity index is 1080. The quantitative estimate of drug-likeness (QED) is 0.665. The molecule has 4 aliphatic rings. The number of hydrogen-bond acceptors (Lipinski definition) is 6. The number of likely N-dealkylation sites (N-methyl/N-ethyl adjacent to an activating group) is 1. The molecule has 0 aromatic heterocycles. The predicted octanol–water partition coefficient (Wildman–Crippen LogP) is 1.55. The second-order valence-electron chi connectivity index (χ2n) is 8.17. The highest BCUT2D eigenvalue weighted by Crippen LogP contribution is 2.54. The number of aliphatic imine (C=N–C) groups is 1. The molecule has 0 N–H and O–H groups in total. The molecule has 160 valence electrons. The van der Waals surface area contributed by atoms with Gasteiger partial charge in [0.25, 0.3) is 5.91 Å². The molecule has 1 aromatic rings. The van der Waals surface area contributed by atoms with Crippen LogP contribution in [0, 0.1) is 11.8 Å². The molecular formula is C22H21ClN4O4. The van der Waals surface area contributed by atoms with Gasteiger partial charge in [-0.05, 0) is 32.1 Å². The maximum Gasteiger partial charge on any atom is 0.256 e. The molecular weight excluding hydrogens is 420 g/mol. The molecule has 1 spiro atoms. The molecule has 0 aliphatic carbocycles. The fourth-order valence-corrected chi connectivity index (χ4v) is 5.63. The summed E-state index contributed by atoms with van der Waals surface area (Å²) < 4.78 is 0. The van der Waals surface area contributed by atoms with Gasteiger partial charge >= 0.3 is 0 Å². The Balaban J connectivity index is 1.65. The van der Waals surface area contributed by atoms with E-state index in [-0.39, 0.29) is 37.2 Å². The molecule has 4 heterocycles. The summed E-state index contributed by atoms with van der Waals surface area (Å²) >= 11 is 5.99. The first-order chi connectivity index (χ1) is 14.8. The van der Waals surface area contributed by atoms with Crippen molar-refractivity contribution in [2.75, 3.05) is 13.1 Å². The minimum absolute atomic E-state index is 0.135. The molecule has 4 amide bonds. The number of likely N-dealkylation sites (tertiary alicyclic amines) is 2. The highest BCUT2D eigenvalue weighted by Gasteiger charge is 2.74. The van der Waals surface area contributed by atoms with Crippen LogP contribution in [0.25, 0.3) is 5.70 Å². The Labute approximate surface area is 184 Å². The molecule has 8 nitrogen and oxygen atoms in total. The molecule has 4 atom stereocenters. The van der Waals surface area contributed by atoms with E-state index < -0.39 is 29.3 Å². The lowest BCUT2D eigenvalue weighted by Gasteiger charge is -2.38. The van der Waals surface area contributed by atoms with Gasteiger partial charge in [-0.25, -0.2) is 4.99 Å². The van der Waals surface area contributed by atoms with E-state index in [9.17, 15) is 19.2 Å². The van der Waals surface area contributed by atoms with Crippen molar-refractivity contribution in [3.63, 3.8) is 0 Å². The summed E-state index contributed by atoms with van der Waals surface area (Å²) in [6.45, 7) is 3.91. The maximum absolute atomic E-state index is 13.5. The Morgan fingerprint density at radius 3 is 2.32 bits per heavy atom. The number of carbonyl (C=O) groups is 4. The number of rotatable bonds is 3. The van der Waals surface area contributed by atoms with Crippen LogP contribution in [0.4, 0.5) is 0 Å². The third kappa shape index (κ3) is 2.45. The maximum atomic E-state index is 13.5. The van der Waals surface area contributed by atoms with E-state index in [1.165, 1.54) is 16.1 Å². The van der Waals surface area contributed by atoms with Gasteiger partial charge < -0.3 is 4.90 Å². The van der Waals surface area contributed by atoms with Crippen LogP contribution >= 0.6 is 11.6 Å². The average Bonchev–Trinajstić information content (AvgIpc) is 3.29. The number of carbonyl (C=O) groups excluding carboxylic acids is 4. The third-order valence-electron chi connectivity index (χ3n) is 6.87. The first-order valence-corrected chi connectivity index (χ1v) is 10.7. The fraction of sp³-hybridized carbons (Fsp3) is 0.409. The van der Waals surface area contributed by atoms with E-state index in [2.05, 4.69) is 4.99 Å². The van der Waals surface area contributed by atoms with Crippen molar-refractivity contribution in [3.05, 3.63) is 40.9 Å². The smallest absolute Gasteiger partial charge is 0.256 e. The second kappa shape index (κ2) is 6.75. The Morgan fingerprint density at radius 1 is 1.03 bits per heavy atom. The van der Waals surface area contributed by atoms with Gasteiger partial charge in [-0.2, -0.15) is 0 Å². The average molecular weight is 441 g/mol. The van der Waals surface area contributed by atoms with E-state index in [4.69, 9.17) is 11.6 Å². The van der Waals surface area contributed by atoms with Crippen LogP contribution in [-0.4, -0.2) is 69.3 Å². The summed E-state index contributed by atoms with van der Waals surface area (Å²) in [4.78, 5) is 61.3. The SMILES string of the molecule is CCN1C(=O)C2C3C=C(c4ccc(Cl)cc4)N=CN3C3(CC(=O)N(CC)C3=O)C2C1=O. The van der Waals surface area contributed by atoms with Gasteiger partial charge in [-0.3, -0.25) is 29.0 Å². The van der Waals surface area contributed by atoms with Gasteiger partial charge in [0, 0.05) is 23.7 Å². The van der Waals surface area contributed by atoms with Gasteiger partial charge in [0.15, 0.2) is 0 Å². The molecule has 0 saturated carbocycles. The molecule has 1 aromatic carbocycles. The topological polar surface area (TPSA) is 90.4 Å². The molecule has 4 unspecified atom stereocenters. The molecule has 4 aliphatic heterocycles. The normalized spacial score (nSPS) is 31.8. The summed E-state index contributed by atoms with van der Waals surface area (Å²) in [5, 5.41) is 0.593. The Morgan fingerprint density at radius 2 is 1.71 bits per heavy atom. The third-order valence-corrected chi connectivity index (χ3v) is 7.12. The zero-order valence-corrected chi connectivity index (χ0v) is 17.9. The molecule has 31 heavy (non-hydrogen) atoms. The molecule has 9 heteroatoms. The highest BCUT2D eigenvalue weighted by molar-refractivity contribution is 6.30. The molecule has 3 saturated heterocycles. The summed E-state index contributed by atoms with van der Waals surface area (Å²) in [6, 6.07) is 6.60. The van der Waals surface area contributed by atoms with Crippen molar-refractivity contribution in [2.24, 2.45) is 16.8 Å². The van der Waals surface area contributed by atoms with Crippen molar-refractivity contribution in [1.82, 2.24) is 14.7 Å². The van der Waals surface area contributed by atoms with Crippen molar-refractivity contribution >= 4 is 47.3 Å². The van der Waals surface area contributed by atoms with Crippen LogP contribution in [0.5, 0.6) is 0 Å². The lowest BCUT2D eigenvalue weighted by molar-refractivity contribution is -0.147. The number of fused-ring (bicyclic) bond motifs is 5. The Hall–Kier alpha value is -3.00. The van der Waals surface area contributed by atoms with E-state index in [0.29, 0.717) is 10.7 Å². The van der Waals surface area contributed by atoms with Gasteiger partial charge in [0.05, 0.1) is 36.3 Å². The van der Waals surface area contributed by atoms with Crippen molar-refractivity contribution in [3.8, 4) is 0 Å². The number of hydrogen-bond donors (Lipinski definition) is 0. The van der Waals surface area contributed by atoms with Crippen LogP contribution < -0.4 is 0 Å². The van der Waals surface area contributed by atoms with E-state index in [0.717, 1.165) is 5.56 Å². The minimum atomic E-state index is -1.41. The van der Waals surface area contributed by atoms with E-state index in [1.54, 1.807) is 30.9 Å². The van der Waals surface area contributed by atoms with Crippen LogP contribution in [-0.2, 0) is 19.2 Å². The second-order valence-corrected chi connectivity index (χ2v) is 8.61. The predicted molar refractivity (Wildman–Crippen MR) is 113 cm³/mol. The van der Waals surface area contributed by atoms with Crippen molar-refractivity contribution < 1.29 is 19.2 Å². The number of benzene rings is 1. The zero-order valence-electron chi connectivity index (χ0n) is 17.1. The first-order valence-electron chi connectivity index (χ1n) is 10.4. The lowest BCUT2D eigenvalue weighted by Crippen LogP contribution is -2.58. The van der Waals surface area contributed by atoms with Crippen LogP contribution in [0.1, 0.15) is 25.8 Å².